The zero-order chi connectivity index (χ0) is 27.9. The number of halogens is 7. The Balaban J connectivity index is 1.45. The van der Waals surface area contributed by atoms with Crippen LogP contribution in [0.25, 0.3) is 10.9 Å². The molecule has 214 valence electrons. The van der Waals surface area contributed by atoms with E-state index < -0.39 is 61.6 Å². The van der Waals surface area contributed by atoms with Crippen LogP contribution < -0.4 is 5.32 Å². The summed E-state index contributed by atoms with van der Waals surface area (Å²) in [6.07, 6.45) is 2.02. The molecule has 1 aromatic heterocycles. The molecule has 2 N–H and O–H groups in total. The quantitative estimate of drug-likeness (QED) is 0.375. The molecule has 0 saturated carbocycles. The molecule has 11 heteroatoms. The Morgan fingerprint density at radius 2 is 1.97 bits per heavy atom. The Hall–Kier alpha value is -2.53. The van der Waals surface area contributed by atoms with Gasteiger partial charge in [0.1, 0.15) is 17.8 Å². The summed E-state index contributed by atoms with van der Waals surface area (Å²) in [5, 5.41) is 3.82. The molecular weight excluding hydrogens is 525 g/mol. The van der Waals surface area contributed by atoms with Gasteiger partial charge in [-0.3, -0.25) is 9.29 Å². The molecule has 1 saturated heterocycles. The number of nitrogens with one attached hydrogen (secondary N) is 2. The minimum absolute atomic E-state index is 0.0617. The molecule has 1 aliphatic carbocycles. The number of likely N-dealkylation sites (tertiary alicyclic amines) is 1. The third-order valence-corrected chi connectivity index (χ3v) is 8.11. The number of nitrogens with zero attached hydrogens (tertiary/aromatic N) is 2. The third kappa shape index (κ3) is 5.70. The highest BCUT2D eigenvalue weighted by Crippen LogP contribution is 2.47. The summed E-state index contributed by atoms with van der Waals surface area (Å²) >= 11 is 0. The van der Waals surface area contributed by atoms with E-state index in [1.807, 2.05) is 0 Å². The van der Waals surface area contributed by atoms with Crippen molar-refractivity contribution in [3.8, 4) is 0 Å². The second-order valence-electron chi connectivity index (χ2n) is 11.0. The van der Waals surface area contributed by atoms with Crippen molar-refractivity contribution in [2.45, 2.75) is 56.4 Å². The van der Waals surface area contributed by atoms with Crippen molar-refractivity contribution in [3.63, 3.8) is 0 Å². The van der Waals surface area contributed by atoms with Crippen molar-refractivity contribution < 1.29 is 30.7 Å². The van der Waals surface area contributed by atoms with Gasteiger partial charge < -0.3 is 15.2 Å². The number of rotatable bonds is 9. The van der Waals surface area contributed by atoms with Gasteiger partial charge in [-0.15, -0.1) is 0 Å². The normalized spacial score (nSPS) is 28.5. The molecule has 3 aliphatic rings. The molecular formula is C28H33F7N4. The molecule has 0 bridgehead atoms. The average molecular weight is 559 g/mol. The fourth-order valence-electron chi connectivity index (χ4n) is 6.33. The number of benzene rings is 1. The van der Waals surface area contributed by atoms with Crippen LogP contribution in [0, 0.1) is 11.7 Å². The lowest BCUT2D eigenvalue weighted by atomic mass is 9.80. The van der Waals surface area contributed by atoms with Crippen LogP contribution in [0.4, 0.5) is 30.7 Å². The van der Waals surface area contributed by atoms with Crippen LogP contribution in [0.2, 0.25) is 0 Å². The van der Waals surface area contributed by atoms with Crippen molar-refractivity contribution >= 4 is 10.9 Å². The Morgan fingerprint density at radius 1 is 1.18 bits per heavy atom. The van der Waals surface area contributed by atoms with E-state index in [1.54, 1.807) is 13.0 Å². The molecule has 39 heavy (non-hydrogen) atoms. The maximum Gasteiger partial charge on any atom is 0.288 e. The molecule has 2 aromatic rings. The maximum absolute atomic E-state index is 15.9. The predicted octanol–water partition coefficient (Wildman–Crippen LogP) is 5.93. The van der Waals surface area contributed by atoms with E-state index in [1.165, 1.54) is 29.2 Å². The van der Waals surface area contributed by atoms with E-state index >= 15 is 8.78 Å². The van der Waals surface area contributed by atoms with Crippen LogP contribution in [0.3, 0.4) is 0 Å². The lowest BCUT2D eigenvalue weighted by Gasteiger charge is -2.45. The zero-order valence-corrected chi connectivity index (χ0v) is 21.7. The molecule has 0 spiro atoms. The molecule has 5 atom stereocenters. The van der Waals surface area contributed by atoms with E-state index in [0.29, 0.717) is 41.7 Å². The molecule has 0 amide bonds. The zero-order valence-electron chi connectivity index (χ0n) is 21.7. The molecule has 2 aliphatic heterocycles. The van der Waals surface area contributed by atoms with Gasteiger partial charge in [0.15, 0.2) is 6.67 Å². The fourth-order valence-corrected chi connectivity index (χ4v) is 6.33. The predicted molar refractivity (Wildman–Crippen MR) is 136 cm³/mol. The van der Waals surface area contributed by atoms with Crippen molar-refractivity contribution in [3.05, 3.63) is 58.9 Å². The first-order chi connectivity index (χ1) is 18.6. The number of hydrogen-bond acceptors (Lipinski definition) is 3. The molecule has 1 aromatic carbocycles. The van der Waals surface area contributed by atoms with Crippen LogP contribution in [0.1, 0.15) is 37.1 Å². The molecule has 5 rings (SSSR count). The summed E-state index contributed by atoms with van der Waals surface area (Å²) in [5.41, 5.74) is 1.69. The molecule has 2 unspecified atom stereocenters. The summed E-state index contributed by atoms with van der Waals surface area (Å²) in [5.74, 6) is -6.49. The summed E-state index contributed by atoms with van der Waals surface area (Å²) in [4.78, 5) is 6.40. The summed E-state index contributed by atoms with van der Waals surface area (Å²) in [6, 6.07) is 2.27. The maximum atomic E-state index is 15.9. The SMILES string of the molecule is C[C@@H]1Cc2c([nH]c3cc(F)ccc23)[C@@H](C2C(F)=CC(N[C@H]3CCN(CCCF)C3)=CC2F)N1CC(F)(F)CF. The van der Waals surface area contributed by atoms with Crippen molar-refractivity contribution in [1.82, 2.24) is 20.1 Å². The van der Waals surface area contributed by atoms with Crippen molar-refractivity contribution in [2.24, 2.45) is 5.92 Å². The number of fused-ring (bicyclic) bond motifs is 3. The van der Waals surface area contributed by atoms with E-state index in [0.717, 1.165) is 13.0 Å². The van der Waals surface area contributed by atoms with Gasteiger partial charge in [0.05, 0.1) is 25.2 Å². The van der Waals surface area contributed by atoms with Gasteiger partial charge >= 0.3 is 0 Å². The van der Waals surface area contributed by atoms with Gasteiger partial charge in [-0.25, -0.2) is 26.3 Å². The number of alkyl halides is 5. The van der Waals surface area contributed by atoms with Gasteiger partial charge in [-0.1, -0.05) is 0 Å². The Kier molecular flexibility index (Phi) is 8.01. The standard InChI is InChI=1S/C28H33F7N4/c1-16-9-21-20-4-3-17(31)10-24(20)37-26(21)27(39(16)15-28(34,35)14-30)25-22(32)11-19(12-23(25)33)36-18-5-8-38(13-18)7-2-6-29/h3-4,10-12,16,18,22,25,27,36-37H,2,5-9,13-15H2,1H3/t16-,18+,22?,25?,27-/m1/s1. The number of H-pyrrole nitrogens is 1. The lowest BCUT2D eigenvalue weighted by Crippen LogP contribution is -2.52. The van der Waals surface area contributed by atoms with Gasteiger partial charge in [-0.2, -0.15) is 0 Å². The van der Waals surface area contributed by atoms with Gasteiger partial charge in [0, 0.05) is 54.0 Å². The van der Waals surface area contributed by atoms with Crippen LogP contribution in [-0.2, 0) is 6.42 Å². The first-order valence-corrected chi connectivity index (χ1v) is 13.4. The highest BCUT2D eigenvalue weighted by Gasteiger charge is 2.48. The van der Waals surface area contributed by atoms with E-state index in [-0.39, 0.29) is 18.2 Å². The smallest absolute Gasteiger partial charge is 0.288 e. The van der Waals surface area contributed by atoms with Crippen molar-refractivity contribution in [1.29, 1.82) is 0 Å². The monoisotopic (exact) mass is 558 g/mol. The molecule has 3 heterocycles. The van der Waals surface area contributed by atoms with Crippen molar-refractivity contribution in [2.75, 3.05) is 39.5 Å². The van der Waals surface area contributed by atoms with Crippen LogP contribution in [0.5, 0.6) is 0 Å². The first kappa shape index (κ1) is 28.0. The van der Waals surface area contributed by atoms with Crippen LogP contribution in [0.15, 0.2) is 41.9 Å². The van der Waals surface area contributed by atoms with Gasteiger partial charge in [0.25, 0.3) is 5.92 Å². The van der Waals surface area contributed by atoms with Gasteiger partial charge in [0.2, 0.25) is 0 Å². The number of aromatic nitrogens is 1. The highest BCUT2D eigenvalue weighted by atomic mass is 19.3. The highest BCUT2D eigenvalue weighted by molar-refractivity contribution is 5.85. The number of allylic oxidation sites excluding steroid dienone is 2. The van der Waals surface area contributed by atoms with E-state index in [4.69, 9.17) is 0 Å². The van der Waals surface area contributed by atoms with E-state index in [2.05, 4.69) is 15.2 Å². The first-order valence-electron chi connectivity index (χ1n) is 13.4. The fraction of sp³-hybridized carbons (Fsp3) is 0.571. The lowest BCUT2D eigenvalue weighted by molar-refractivity contribution is -0.0804. The average Bonchev–Trinajstić information content (AvgIpc) is 3.47. The Labute approximate surface area is 222 Å². The van der Waals surface area contributed by atoms with Crippen LogP contribution in [-0.4, -0.2) is 78.5 Å². The summed E-state index contributed by atoms with van der Waals surface area (Å²) < 4.78 is 100. The Morgan fingerprint density at radius 3 is 2.69 bits per heavy atom. The minimum atomic E-state index is -3.71. The number of aromatic amines is 1. The second kappa shape index (κ2) is 11.2. The number of hydrogen-bond donors (Lipinski definition) is 2. The molecule has 1 fully saturated rings. The topological polar surface area (TPSA) is 34.3 Å². The largest absolute Gasteiger partial charge is 0.381 e. The van der Waals surface area contributed by atoms with Gasteiger partial charge in [-0.05, 0) is 62.1 Å². The Bertz CT molecular complexity index is 1240. The summed E-state index contributed by atoms with van der Waals surface area (Å²) in [6.45, 7) is 0.339. The molecule has 0 radical (unpaired) electrons. The van der Waals surface area contributed by atoms with E-state index in [9.17, 15) is 22.0 Å². The molecule has 4 nitrogen and oxygen atoms in total. The van der Waals surface area contributed by atoms with Crippen LogP contribution >= 0.6 is 0 Å². The second-order valence-corrected chi connectivity index (χ2v) is 11.0. The minimum Gasteiger partial charge on any atom is -0.381 e. The third-order valence-electron chi connectivity index (χ3n) is 8.11. The summed E-state index contributed by atoms with van der Waals surface area (Å²) in [7, 11) is 0.